The Kier molecular flexibility index (Phi) is 18.5. The summed E-state index contributed by atoms with van der Waals surface area (Å²) in [5.74, 6) is 0.802. The van der Waals surface area contributed by atoms with Crippen molar-refractivity contribution in [1.29, 1.82) is 0 Å². The quantitative estimate of drug-likeness (QED) is 0.711. The molecule has 0 amide bonds. The molecule has 0 aromatic heterocycles. The molecule has 17 heavy (non-hydrogen) atoms. The highest BCUT2D eigenvalue weighted by Crippen LogP contribution is 2.06. The molecule has 0 aliphatic rings. The van der Waals surface area contributed by atoms with Crippen LogP contribution in [-0.2, 0) is 4.74 Å². The number of benzene rings is 1. The number of para-hydroxylation sites is 1. The fourth-order valence-corrected chi connectivity index (χ4v) is 0.680. The molecule has 1 aromatic rings. The Bertz CT molecular complexity index is 213. The van der Waals surface area contributed by atoms with Gasteiger partial charge in [-0.25, -0.2) is 0 Å². The maximum Gasteiger partial charge on any atom is 0.119 e. The van der Waals surface area contributed by atoms with Gasteiger partial charge in [0.1, 0.15) is 12.4 Å². The van der Waals surface area contributed by atoms with Gasteiger partial charge in [0, 0.05) is 14.2 Å². The lowest BCUT2D eigenvalue weighted by molar-refractivity contribution is 0.186. The van der Waals surface area contributed by atoms with Crippen LogP contribution in [0, 0.1) is 0 Å². The van der Waals surface area contributed by atoms with Gasteiger partial charge in [0.15, 0.2) is 0 Å². The Morgan fingerprint density at radius 1 is 0.882 bits per heavy atom. The molecule has 5 nitrogen and oxygen atoms in total. The van der Waals surface area contributed by atoms with E-state index in [-0.39, 0.29) is 19.8 Å². The molecule has 0 aliphatic heterocycles. The van der Waals surface area contributed by atoms with E-state index in [4.69, 9.17) is 20.1 Å². The highest BCUT2D eigenvalue weighted by atomic mass is 16.5. The van der Waals surface area contributed by atoms with Gasteiger partial charge < -0.3 is 24.8 Å². The molecule has 0 radical (unpaired) electrons. The molecule has 3 N–H and O–H groups in total. The Hall–Kier alpha value is -1.14. The maximum atomic E-state index is 8.40. The largest absolute Gasteiger partial charge is 0.491 e. The monoisotopic (exact) mass is 246 g/mol. The fourth-order valence-electron chi connectivity index (χ4n) is 0.680. The summed E-state index contributed by atoms with van der Waals surface area (Å²) in [7, 11) is 3.25. The van der Waals surface area contributed by atoms with Gasteiger partial charge in [0.2, 0.25) is 0 Å². The van der Waals surface area contributed by atoms with Crippen molar-refractivity contribution < 1.29 is 24.8 Å². The van der Waals surface area contributed by atoms with Crippen molar-refractivity contribution in [2.45, 2.75) is 0 Å². The third-order valence-corrected chi connectivity index (χ3v) is 1.20. The van der Waals surface area contributed by atoms with Crippen LogP contribution in [0.2, 0.25) is 0 Å². The summed E-state index contributed by atoms with van der Waals surface area (Å²) in [4.78, 5) is 0. The van der Waals surface area contributed by atoms with E-state index in [0.29, 0.717) is 6.61 Å². The highest BCUT2D eigenvalue weighted by Gasteiger charge is 1.86. The van der Waals surface area contributed by atoms with Gasteiger partial charge in [0.25, 0.3) is 0 Å². The van der Waals surface area contributed by atoms with Crippen LogP contribution in [-0.4, -0.2) is 56.0 Å². The van der Waals surface area contributed by atoms with Crippen molar-refractivity contribution in [1.82, 2.24) is 0 Å². The Morgan fingerprint density at radius 2 is 1.35 bits per heavy atom. The third-order valence-electron chi connectivity index (χ3n) is 1.20. The van der Waals surface area contributed by atoms with Crippen LogP contribution in [0.4, 0.5) is 0 Å². The molecular weight excluding hydrogens is 224 g/mol. The first kappa shape index (κ1) is 18.2. The first-order chi connectivity index (χ1) is 8.26. The molecule has 0 fully saturated rings. The van der Waals surface area contributed by atoms with Gasteiger partial charge >= 0.3 is 0 Å². The first-order valence-electron chi connectivity index (χ1n) is 5.17. The topological polar surface area (TPSA) is 79.2 Å². The number of aliphatic hydroxyl groups excluding tert-OH is 3. The number of rotatable bonds is 4. The van der Waals surface area contributed by atoms with Crippen LogP contribution in [0.3, 0.4) is 0 Å². The number of hydrogen-bond acceptors (Lipinski definition) is 5. The molecule has 0 spiro atoms. The van der Waals surface area contributed by atoms with E-state index in [9.17, 15) is 0 Å². The highest BCUT2D eigenvalue weighted by molar-refractivity contribution is 5.20. The van der Waals surface area contributed by atoms with E-state index in [1.54, 1.807) is 14.2 Å². The number of ether oxygens (including phenoxy) is 2. The molecule has 0 atom stereocenters. The normalized spacial score (nSPS) is 8.29. The first-order valence-corrected chi connectivity index (χ1v) is 5.17. The standard InChI is InChI=1S/C8H10O2.C2H6O2.C2H6O/c9-6-7-10-8-4-2-1-3-5-8;3-1-2-4;1-3-2/h1-5,9H,6-7H2;3-4H,1-2H2;1-2H3. The van der Waals surface area contributed by atoms with E-state index in [0.717, 1.165) is 5.75 Å². The predicted octanol–water partition coefficient (Wildman–Crippen LogP) is 0.291. The summed E-state index contributed by atoms with van der Waals surface area (Å²) < 4.78 is 9.36. The second kappa shape index (κ2) is 17.3. The average Bonchev–Trinajstić information content (AvgIpc) is 2.39. The van der Waals surface area contributed by atoms with Crippen LogP contribution in [0.1, 0.15) is 0 Å². The Labute approximate surface area is 102 Å². The van der Waals surface area contributed by atoms with E-state index in [1.165, 1.54) is 0 Å². The van der Waals surface area contributed by atoms with E-state index in [1.807, 2.05) is 30.3 Å². The lowest BCUT2D eigenvalue weighted by Crippen LogP contribution is -2.00. The zero-order valence-corrected chi connectivity index (χ0v) is 10.4. The summed E-state index contributed by atoms with van der Waals surface area (Å²) in [6.07, 6.45) is 0. The fraction of sp³-hybridized carbons (Fsp3) is 0.500. The summed E-state index contributed by atoms with van der Waals surface area (Å²) in [6.45, 7) is 0.179. The van der Waals surface area contributed by atoms with Crippen molar-refractivity contribution in [2.75, 3.05) is 40.6 Å². The molecular formula is C12H22O5. The van der Waals surface area contributed by atoms with Crippen molar-refractivity contribution in [3.05, 3.63) is 30.3 Å². The molecule has 0 aliphatic carbocycles. The predicted molar refractivity (Wildman–Crippen MR) is 66.1 cm³/mol. The van der Waals surface area contributed by atoms with Crippen LogP contribution in [0.25, 0.3) is 0 Å². The Morgan fingerprint density at radius 3 is 1.71 bits per heavy atom. The summed E-state index contributed by atoms with van der Waals surface area (Å²) in [6, 6.07) is 9.43. The average molecular weight is 246 g/mol. The molecule has 0 saturated heterocycles. The lowest BCUT2D eigenvalue weighted by atomic mass is 10.3. The second-order valence-corrected chi connectivity index (χ2v) is 2.74. The van der Waals surface area contributed by atoms with Gasteiger partial charge in [-0.1, -0.05) is 18.2 Å². The van der Waals surface area contributed by atoms with Gasteiger partial charge in [0.05, 0.1) is 19.8 Å². The van der Waals surface area contributed by atoms with Crippen molar-refractivity contribution in [3.63, 3.8) is 0 Å². The summed E-state index contributed by atoms with van der Waals surface area (Å²) in [5.41, 5.74) is 0. The minimum atomic E-state index is -0.125. The zero-order valence-electron chi connectivity index (χ0n) is 10.4. The molecule has 5 heteroatoms. The Balaban J connectivity index is 0. The van der Waals surface area contributed by atoms with Crippen molar-refractivity contribution in [2.24, 2.45) is 0 Å². The molecule has 0 saturated carbocycles. The van der Waals surface area contributed by atoms with Crippen LogP contribution < -0.4 is 4.74 Å². The SMILES string of the molecule is COC.OCCO.OCCOc1ccccc1. The van der Waals surface area contributed by atoms with Crippen molar-refractivity contribution >= 4 is 0 Å². The second-order valence-electron chi connectivity index (χ2n) is 2.74. The van der Waals surface area contributed by atoms with E-state index < -0.39 is 0 Å². The molecule has 0 unspecified atom stereocenters. The van der Waals surface area contributed by atoms with E-state index >= 15 is 0 Å². The zero-order chi connectivity index (χ0) is 13.4. The molecule has 0 heterocycles. The van der Waals surface area contributed by atoms with Crippen LogP contribution in [0.5, 0.6) is 5.75 Å². The van der Waals surface area contributed by atoms with Gasteiger partial charge in [-0.15, -0.1) is 0 Å². The van der Waals surface area contributed by atoms with Gasteiger partial charge in [-0.3, -0.25) is 0 Å². The summed E-state index contributed by atoms with van der Waals surface area (Å²) in [5, 5.41) is 23.7. The van der Waals surface area contributed by atoms with Gasteiger partial charge in [-0.2, -0.15) is 0 Å². The number of hydrogen-bond donors (Lipinski definition) is 3. The smallest absolute Gasteiger partial charge is 0.119 e. The maximum absolute atomic E-state index is 8.40. The summed E-state index contributed by atoms with van der Waals surface area (Å²) >= 11 is 0. The minimum Gasteiger partial charge on any atom is -0.491 e. The van der Waals surface area contributed by atoms with Crippen molar-refractivity contribution in [3.8, 4) is 5.75 Å². The van der Waals surface area contributed by atoms with E-state index in [2.05, 4.69) is 4.74 Å². The minimum absolute atomic E-state index is 0.0644. The molecule has 1 rings (SSSR count). The number of aliphatic hydroxyl groups is 3. The lowest BCUT2D eigenvalue weighted by Gasteiger charge is -2.01. The molecule has 0 bridgehead atoms. The molecule has 1 aromatic carbocycles. The molecule has 100 valence electrons. The van der Waals surface area contributed by atoms with Crippen LogP contribution in [0.15, 0.2) is 30.3 Å². The van der Waals surface area contributed by atoms with Gasteiger partial charge in [-0.05, 0) is 12.1 Å². The number of methoxy groups -OCH3 is 1. The third kappa shape index (κ3) is 17.5. The van der Waals surface area contributed by atoms with Crippen LogP contribution >= 0.6 is 0 Å².